The summed E-state index contributed by atoms with van der Waals surface area (Å²) in [5, 5.41) is 1.15. The van der Waals surface area contributed by atoms with E-state index in [1.165, 1.54) is 6.42 Å². The van der Waals surface area contributed by atoms with Gasteiger partial charge in [0.2, 0.25) is 0 Å². The first kappa shape index (κ1) is 21.0. The molecule has 4 heterocycles. The molecule has 1 amide bonds. The predicted octanol–water partition coefficient (Wildman–Crippen LogP) is 3.73. The monoisotopic (exact) mass is 431 g/mol. The molecule has 5 rings (SSSR count). The number of nitrogens with zero attached hydrogens (tertiary/aromatic N) is 5. The predicted molar refractivity (Wildman–Crippen MR) is 129 cm³/mol. The molecule has 2 aromatic heterocycles. The van der Waals surface area contributed by atoms with Crippen molar-refractivity contribution in [2.24, 2.45) is 5.92 Å². The van der Waals surface area contributed by atoms with Crippen LogP contribution in [-0.4, -0.2) is 71.1 Å². The standard InChI is InChI=1S/C26H33N5O/c1-2-31-23-10-4-3-9-22(23)18-24(31)26(32)30-13-7-8-21(20-30)19-28-14-16-29(17-15-28)25-11-5-6-12-27-25/h3-6,9-12,18,21H,2,7-8,13-17,19-20H2,1H3. The lowest BCUT2D eigenvalue weighted by molar-refractivity contribution is 0.0627. The number of benzene rings is 1. The number of amides is 1. The summed E-state index contributed by atoms with van der Waals surface area (Å²) in [5.74, 6) is 1.81. The molecule has 0 spiro atoms. The van der Waals surface area contributed by atoms with Gasteiger partial charge < -0.3 is 14.4 Å². The van der Waals surface area contributed by atoms with Crippen molar-refractivity contribution >= 4 is 22.6 Å². The van der Waals surface area contributed by atoms with Gasteiger partial charge in [0, 0.05) is 69.5 Å². The minimum atomic E-state index is 0.188. The summed E-state index contributed by atoms with van der Waals surface area (Å²) in [4.78, 5) is 25.0. The highest BCUT2D eigenvalue weighted by Gasteiger charge is 2.29. The van der Waals surface area contributed by atoms with E-state index < -0.39 is 0 Å². The number of para-hydroxylation sites is 1. The Hall–Kier alpha value is -2.86. The minimum absolute atomic E-state index is 0.188. The van der Waals surface area contributed by atoms with Crippen molar-refractivity contribution in [1.82, 2.24) is 19.4 Å². The Morgan fingerprint density at radius 2 is 1.84 bits per heavy atom. The molecule has 1 aromatic carbocycles. The number of hydrogen-bond donors (Lipinski definition) is 0. The highest BCUT2D eigenvalue weighted by molar-refractivity contribution is 5.98. The maximum absolute atomic E-state index is 13.5. The number of hydrogen-bond acceptors (Lipinski definition) is 4. The van der Waals surface area contributed by atoms with E-state index >= 15 is 0 Å². The Labute approximate surface area is 190 Å². The number of piperidine rings is 1. The zero-order valence-electron chi connectivity index (χ0n) is 19.0. The van der Waals surface area contributed by atoms with Crippen LogP contribution in [0.2, 0.25) is 0 Å². The fourth-order valence-electron chi connectivity index (χ4n) is 5.35. The summed E-state index contributed by atoms with van der Waals surface area (Å²) in [6, 6.07) is 16.5. The fraction of sp³-hybridized carbons (Fsp3) is 0.462. The van der Waals surface area contributed by atoms with Gasteiger partial charge in [-0.2, -0.15) is 0 Å². The van der Waals surface area contributed by atoms with Crippen molar-refractivity contribution < 1.29 is 4.79 Å². The van der Waals surface area contributed by atoms with E-state index in [-0.39, 0.29) is 5.91 Å². The largest absolute Gasteiger partial charge is 0.354 e. The second kappa shape index (κ2) is 9.33. The molecule has 2 aliphatic rings. The molecule has 3 aromatic rings. The number of fused-ring (bicyclic) bond motifs is 1. The van der Waals surface area contributed by atoms with Gasteiger partial charge in [-0.3, -0.25) is 9.69 Å². The van der Waals surface area contributed by atoms with Gasteiger partial charge in [-0.25, -0.2) is 4.98 Å². The van der Waals surface area contributed by atoms with Crippen molar-refractivity contribution in [3.63, 3.8) is 0 Å². The van der Waals surface area contributed by atoms with E-state index in [0.29, 0.717) is 5.92 Å². The smallest absolute Gasteiger partial charge is 0.270 e. The molecule has 1 unspecified atom stereocenters. The first-order valence-electron chi connectivity index (χ1n) is 12.0. The van der Waals surface area contributed by atoms with Crippen molar-refractivity contribution in [1.29, 1.82) is 0 Å². The van der Waals surface area contributed by atoms with Gasteiger partial charge in [0.25, 0.3) is 5.91 Å². The minimum Gasteiger partial charge on any atom is -0.354 e. The molecule has 2 aliphatic heterocycles. The molecular formula is C26H33N5O. The fourth-order valence-corrected chi connectivity index (χ4v) is 5.35. The molecule has 0 aliphatic carbocycles. The molecule has 0 radical (unpaired) electrons. The van der Waals surface area contributed by atoms with E-state index in [0.717, 1.165) is 81.2 Å². The van der Waals surface area contributed by atoms with Gasteiger partial charge in [0.1, 0.15) is 11.5 Å². The van der Waals surface area contributed by atoms with Gasteiger partial charge >= 0.3 is 0 Å². The maximum Gasteiger partial charge on any atom is 0.270 e. The first-order chi connectivity index (χ1) is 15.7. The average Bonchev–Trinajstić information content (AvgIpc) is 3.23. The molecule has 2 fully saturated rings. The van der Waals surface area contributed by atoms with Crippen LogP contribution in [0, 0.1) is 5.92 Å². The SMILES string of the molecule is CCn1c(C(=O)N2CCCC(CN3CCN(c4ccccn4)CC3)C2)cc2ccccc21. The molecular weight excluding hydrogens is 398 g/mol. The number of aromatic nitrogens is 2. The molecule has 6 nitrogen and oxygen atoms in total. The highest BCUT2D eigenvalue weighted by atomic mass is 16.2. The van der Waals surface area contributed by atoms with Gasteiger partial charge in [0.05, 0.1) is 0 Å². The Kier molecular flexibility index (Phi) is 6.12. The zero-order chi connectivity index (χ0) is 21.9. The third-order valence-electron chi connectivity index (χ3n) is 7.01. The van der Waals surface area contributed by atoms with Crippen molar-refractivity contribution in [3.8, 4) is 0 Å². The summed E-state index contributed by atoms with van der Waals surface area (Å²) in [6.45, 7) is 9.90. The Bertz CT molecular complexity index is 1050. The maximum atomic E-state index is 13.5. The Morgan fingerprint density at radius 1 is 1.03 bits per heavy atom. The van der Waals surface area contributed by atoms with Crippen LogP contribution in [0.4, 0.5) is 5.82 Å². The van der Waals surface area contributed by atoms with Crippen LogP contribution < -0.4 is 4.90 Å². The molecule has 0 N–H and O–H groups in total. The van der Waals surface area contributed by atoms with Gasteiger partial charge in [-0.05, 0) is 49.9 Å². The number of carbonyl (C=O) groups is 1. The van der Waals surface area contributed by atoms with E-state index in [2.05, 4.69) is 61.5 Å². The van der Waals surface area contributed by atoms with Gasteiger partial charge in [-0.15, -0.1) is 0 Å². The number of anilines is 1. The van der Waals surface area contributed by atoms with Crippen LogP contribution in [-0.2, 0) is 6.54 Å². The third-order valence-corrected chi connectivity index (χ3v) is 7.01. The topological polar surface area (TPSA) is 44.6 Å². The lowest BCUT2D eigenvalue weighted by atomic mass is 9.96. The lowest BCUT2D eigenvalue weighted by Gasteiger charge is -2.39. The van der Waals surface area contributed by atoms with Crippen molar-refractivity contribution in [2.45, 2.75) is 26.3 Å². The molecule has 2 saturated heterocycles. The van der Waals surface area contributed by atoms with Crippen LogP contribution in [0.25, 0.3) is 10.9 Å². The molecule has 0 bridgehead atoms. The summed E-state index contributed by atoms with van der Waals surface area (Å²) < 4.78 is 2.16. The number of pyridine rings is 1. The zero-order valence-corrected chi connectivity index (χ0v) is 19.0. The molecule has 6 heteroatoms. The second-order valence-electron chi connectivity index (χ2n) is 9.07. The number of carbonyl (C=O) groups excluding carboxylic acids is 1. The van der Waals surface area contributed by atoms with Gasteiger partial charge in [-0.1, -0.05) is 24.3 Å². The third kappa shape index (κ3) is 4.24. The van der Waals surface area contributed by atoms with E-state index in [1.807, 2.05) is 24.4 Å². The molecule has 168 valence electrons. The average molecular weight is 432 g/mol. The van der Waals surface area contributed by atoms with Crippen LogP contribution in [0.1, 0.15) is 30.3 Å². The Morgan fingerprint density at radius 3 is 2.62 bits per heavy atom. The first-order valence-corrected chi connectivity index (χ1v) is 12.0. The summed E-state index contributed by atoms with van der Waals surface area (Å²) >= 11 is 0. The van der Waals surface area contributed by atoms with Crippen LogP contribution in [0.5, 0.6) is 0 Å². The quantitative estimate of drug-likeness (QED) is 0.618. The number of aryl methyl sites for hydroxylation is 1. The number of piperazine rings is 1. The van der Waals surface area contributed by atoms with Gasteiger partial charge in [0.15, 0.2) is 0 Å². The number of likely N-dealkylation sites (tertiary alicyclic amines) is 1. The highest BCUT2D eigenvalue weighted by Crippen LogP contribution is 2.25. The Balaban J connectivity index is 1.20. The molecule has 0 saturated carbocycles. The molecule has 32 heavy (non-hydrogen) atoms. The van der Waals surface area contributed by atoms with Crippen LogP contribution in [0.15, 0.2) is 54.7 Å². The summed E-state index contributed by atoms with van der Waals surface area (Å²) in [5.41, 5.74) is 1.98. The van der Waals surface area contributed by atoms with Crippen LogP contribution in [0.3, 0.4) is 0 Å². The van der Waals surface area contributed by atoms with Crippen LogP contribution >= 0.6 is 0 Å². The molecule has 1 atom stereocenters. The summed E-state index contributed by atoms with van der Waals surface area (Å²) in [7, 11) is 0. The normalized spacial score (nSPS) is 20.1. The number of rotatable bonds is 5. The van der Waals surface area contributed by atoms with E-state index in [1.54, 1.807) is 0 Å². The van der Waals surface area contributed by atoms with E-state index in [9.17, 15) is 4.79 Å². The lowest BCUT2D eigenvalue weighted by Crippen LogP contribution is -2.50. The van der Waals surface area contributed by atoms with Crippen molar-refractivity contribution in [2.75, 3.05) is 50.7 Å². The second-order valence-corrected chi connectivity index (χ2v) is 9.07. The van der Waals surface area contributed by atoms with Crippen molar-refractivity contribution in [3.05, 3.63) is 60.4 Å². The van der Waals surface area contributed by atoms with E-state index in [4.69, 9.17) is 0 Å². The summed E-state index contributed by atoms with van der Waals surface area (Å²) in [6.07, 6.45) is 4.17.